The number of carbonyl (C=O) groups excluding carboxylic acids is 1. The topological polar surface area (TPSA) is 47.6 Å². The molecule has 1 N–H and O–H groups in total. The first kappa shape index (κ1) is 17.8. The number of carbonyl (C=O) groups is 1. The fourth-order valence-corrected chi connectivity index (χ4v) is 2.84. The van der Waals surface area contributed by atoms with Crippen LogP contribution >= 0.6 is 0 Å². The minimum Gasteiger partial charge on any atom is -0.478 e. The van der Waals surface area contributed by atoms with Crippen molar-refractivity contribution in [3.05, 3.63) is 29.8 Å². The quantitative estimate of drug-likeness (QED) is 0.870. The molecule has 2 atom stereocenters. The van der Waals surface area contributed by atoms with E-state index >= 15 is 0 Å². The van der Waals surface area contributed by atoms with Crippen LogP contribution in [0.5, 0.6) is 5.75 Å². The van der Waals surface area contributed by atoms with Gasteiger partial charge in [0.15, 0.2) is 5.60 Å². The molecule has 0 spiro atoms. The first-order chi connectivity index (χ1) is 10.8. The van der Waals surface area contributed by atoms with Crippen LogP contribution < -0.4 is 10.1 Å². The third-order valence-corrected chi connectivity index (χ3v) is 4.33. The largest absolute Gasteiger partial charge is 0.478 e. The maximum atomic E-state index is 12.6. The molecule has 1 heterocycles. The van der Waals surface area contributed by atoms with E-state index in [4.69, 9.17) is 9.47 Å². The first-order valence-corrected chi connectivity index (χ1v) is 8.52. The Labute approximate surface area is 139 Å². The van der Waals surface area contributed by atoms with Crippen LogP contribution in [0.2, 0.25) is 0 Å². The van der Waals surface area contributed by atoms with Gasteiger partial charge in [0.2, 0.25) is 0 Å². The maximum absolute atomic E-state index is 12.6. The number of ether oxygens (including phenoxy) is 2. The molecule has 1 saturated heterocycles. The summed E-state index contributed by atoms with van der Waals surface area (Å²) in [6.07, 6.45) is 2.17. The summed E-state index contributed by atoms with van der Waals surface area (Å²) in [5.74, 6) is 1.00. The minimum absolute atomic E-state index is 0.00628. The average Bonchev–Trinajstić information content (AvgIpc) is 3.01. The molecule has 0 saturated carbocycles. The number of hydrogen-bond acceptors (Lipinski definition) is 3. The minimum atomic E-state index is -0.933. The monoisotopic (exact) mass is 319 g/mol. The number of hydrogen-bond donors (Lipinski definition) is 1. The molecule has 0 bridgehead atoms. The molecule has 0 aliphatic carbocycles. The summed E-state index contributed by atoms with van der Waals surface area (Å²) < 4.78 is 11.7. The van der Waals surface area contributed by atoms with Gasteiger partial charge >= 0.3 is 0 Å². The summed E-state index contributed by atoms with van der Waals surface area (Å²) in [7, 11) is 0. The van der Waals surface area contributed by atoms with Gasteiger partial charge in [0.05, 0.1) is 12.1 Å². The highest BCUT2D eigenvalue weighted by Crippen LogP contribution is 2.29. The number of rotatable bonds is 6. The highest BCUT2D eigenvalue weighted by Gasteiger charge is 2.34. The molecule has 0 unspecified atom stereocenters. The number of para-hydroxylation sites is 1. The van der Waals surface area contributed by atoms with Gasteiger partial charge in [-0.15, -0.1) is 0 Å². The van der Waals surface area contributed by atoms with Gasteiger partial charge in [-0.25, -0.2) is 0 Å². The second kappa shape index (κ2) is 7.35. The van der Waals surface area contributed by atoms with Gasteiger partial charge in [-0.05, 0) is 51.2 Å². The van der Waals surface area contributed by atoms with Gasteiger partial charge in [-0.2, -0.15) is 0 Å². The third kappa shape index (κ3) is 4.47. The Morgan fingerprint density at radius 1 is 1.30 bits per heavy atom. The molecule has 1 aromatic rings. The average molecular weight is 319 g/mol. The highest BCUT2D eigenvalue weighted by molar-refractivity contribution is 5.85. The molecule has 4 heteroatoms. The molecular formula is C19H29NO3. The van der Waals surface area contributed by atoms with Crippen LogP contribution in [0.25, 0.3) is 0 Å². The molecule has 1 aromatic carbocycles. The van der Waals surface area contributed by atoms with E-state index in [0.29, 0.717) is 5.92 Å². The van der Waals surface area contributed by atoms with E-state index in [1.807, 2.05) is 45.0 Å². The molecule has 128 valence electrons. The normalized spacial score (nSPS) is 19.7. The van der Waals surface area contributed by atoms with Gasteiger partial charge in [0.25, 0.3) is 5.91 Å². The van der Waals surface area contributed by atoms with E-state index in [2.05, 4.69) is 19.2 Å². The SMILES string of the molecule is CC(C)c1ccccc1OC(C)(C)C(=O)N[C@H](C)[C@H]1CCCO1. The molecule has 2 rings (SSSR count). The Balaban J connectivity index is 2.04. The highest BCUT2D eigenvalue weighted by atomic mass is 16.5. The van der Waals surface area contributed by atoms with Gasteiger partial charge < -0.3 is 14.8 Å². The van der Waals surface area contributed by atoms with Gasteiger partial charge in [-0.1, -0.05) is 32.0 Å². The van der Waals surface area contributed by atoms with Crippen LogP contribution in [0, 0.1) is 0 Å². The van der Waals surface area contributed by atoms with E-state index in [9.17, 15) is 4.79 Å². The molecule has 1 aliphatic rings. The zero-order chi connectivity index (χ0) is 17.0. The van der Waals surface area contributed by atoms with Crippen LogP contribution in [0.1, 0.15) is 58.9 Å². The fourth-order valence-electron chi connectivity index (χ4n) is 2.84. The lowest BCUT2D eigenvalue weighted by atomic mass is 10.0. The van der Waals surface area contributed by atoms with Crippen LogP contribution in [0.3, 0.4) is 0 Å². The Bertz CT molecular complexity index is 533. The first-order valence-electron chi connectivity index (χ1n) is 8.52. The number of nitrogens with one attached hydrogen (secondary N) is 1. The molecule has 23 heavy (non-hydrogen) atoms. The maximum Gasteiger partial charge on any atom is 0.263 e. The Hall–Kier alpha value is -1.55. The molecule has 1 fully saturated rings. The summed E-state index contributed by atoms with van der Waals surface area (Å²) in [5.41, 5.74) is 0.179. The van der Waals surface area contributed by atoms with Crippen molar-refractivity contribution in [2.45, 2.75) is 71.1 Å². The van der Waals surface area contributed by atoms with Crippen molar-refractivity contribution in [3.63, 3.8) is 0 Å². The van der Waals surface area contributed by atoms with Crippen molar-refractivity contribution in [3.8, 4) is 5.75 Å². The Morgan fingerprint density at radius 3 is 2.61 bits per heavy atom. The Kier molecular flexibility index (Phi) is 5.69. The summed E-state index contributed by atoms with van der Waals surface area (Å²) >= 11 is 0. The van der Waals surface area contributed by atoms with E-state index in [-0.39, 0.29) is 18.1 Å². The fraction of sp³-hybridized carbons (Fsp3) is 0.632. The van der Waals surface area contributed by atoms with E-state index in [0.717, 1.165) is 30.8 Å². The second-order valence-corrected chi connectivity index (χ2v) is 7.12. The molecule has 1 amide bonds. The predicted octanol–water partition coefficient (Wildman–Crippen LogP) is 3.65. The standard InChI is InChI=1S/C19H29NO3/c1-13(2)15-9-6-7-10-17(15)23-19(4,5)18(21)20-14(3)16-11-8-12-22-16/h6-7,9-10,13-14,16H,8,11-12H2,1-5H3,(H,20,21)/t14-,16-/m1/s1. The molecule has 0 radical (unpaired) electrons. The van der Waals surface area contributed by atoms with Gasteiger partial charge in [-0.3, -0.25) is 4.79 Å². The summed E-state index contributed by atoms with van der Waals surface area (Å²) in [6.45, 7) is 10.6. The molecule has 4 nitrogen and oxygen atoms in total. The lowest BCUT2D eigenvalue weighted by Gasteiger charge is -2.30. The number of amides is 1. The zero-order valence-corrected chi connectivity index (χ0v) is 14.9. The van der Waals surface area contributed by atoms with Crippen molar-refractivity contribution in [2.24, 2.45) is 0 Å². The van der Waals surface area contributed by atoms with E-state index < -0.39 is 5.60 Å². The summed E-state index contributed by atoms with van der Waals surface area (Å²) in [5, 5.41) is 3.04. The second-order valence-electron chi connectivity index (χ2n) is 7.12. The molecule has 0 aromatic heterocycles. The van der Waals surface area contributed by atoms with Crippen LogP contribution in [-0.2, 0) is 9.53 Å². The summed E-state index contributed by atoms with van der Waals surface area (Å²) in [6, 6.07) is 7.89. The predicted molar refractivity (Wildman–Crippen MR) is 91.8 cm³/mol. The van der Waals surface area contributed by atoms with Crippen molar-refractivity contribution in [1.29, 1.82) is 0 Å². The van der Waals surface area contributed by atoms with Crippen LogP contribution in [0.15, 0.2) is 24.3 Å². The zero-order valence-electron chi connectivity index (χ0n) is 14.9. The van der Waals surface area contributed by atoms with Crippen LogP contribution in [0.4, 0.5) is 0 Å². The van der Waals surface area contributed by atoms with Gasteiger partial charge in [0, 0.05) is 6.61 Å². The van der Waals surface area contributed by atoms with Gasteiger partial charge in [0.1, 0.15) is 5.75 Å². The molecular weight excluding hydrogens is 290 g/mol. The lowest BCUT2D eigenvalue weighted by Crippen LogP contribution is -2.52. The Morgan fingerprint density at radius 2 is 2.00 bits per heavy atom. The van der Waals surface area contributed by atoms with E-state index in [1.54, 1.807) is 0 Å². The molecule has 1 aliphatic heterocycles. The summed E-state index contributed by atoms with van der Waals surface area (Å²) in [4.78, 5) is 12.6. The van der Waals surface area contributed by atoms with E-state index in [1.165, 1.54) is 0 Å². The van der Waals surface area contributed by atoms with Crippen molar-refractivity contribution >= 4 is 5.91 Å². The van der Waals surface area contributed by atoms with Crippen LogP contribution in [-0.4, -0.2) is 30.3 Å². The number of benzene rings is 1. The third-order valence-electron chi connectivity index (χ3n) is 4.33. The smallest absolute Gasteiger partial charge is 0.263 e. The van der Waals surface area contributed by atoms with Crippen molar-refractivity contribution < 1.29 is 14.3 Å². The lowest BCUT2D eigenvalue weighted by molar-refractivity contribution is -0.135. The van der Waals surface area contributed by atoms with Crippen molar-refractivity contribution in [2.75, 3.05) is 6.61 Å². The van der Waals surface area contributed by atoms with Crippen molar-refractivity contribution in [1.82, 2.24) is 5.32 Å².